The molecule has 5 heteroatoms. The lowest BCUT2D eigenvalue weighted by atomic mass is 10.3. The predicted molar refractivity (Wildman–Crippen MR) is 137 cm³/mol. The molecule has 5 aromatic carbocycles. The zero-order valence-electron chi connectivity index (χ0n) is 18.8. The van der Waals surface area contributed by atoms with Crippen molar-refractivity contribution in [1.29, 1.82) is 0 Å². The summed E-state index contributed by atoms with van der Waals surface area (Å²) in [5.41, 5.74) is 6.47. The topological polar surface area (TPSA) is 62.9 Å². The van der Waals surface area contributed by atoms with Crippen molar-refractivity contribution >= 4 is 5.69 Å². The molecule has 0 heterocycles. The van der Waals surface area contributed by atoms with Crippen LogP contribution in [0.1, 0.15) is 0 Å². The molecule has 5 aromatic rings. The molecule has 35 heavy (non-hydrogen) atoms. The molecule has 0 saturated carbocycles. The number of nitrogen functional groups attached to an aromatic ring is 1. The van der Waals surface area contributed by atoms with E-state index in [1.54, 1.807) is 6.07 Å². The van der Waals surface area contributed by atoms with Crippen LogP contribution in [0.25, 0.3) is 0 Å². The first-order chi connectivity index (χ1) is 17.2. The first-order valence-corrected chi connectivity index (χ1v) is 11.1. The van der Waals surface area contributed by atoms with Gasteiger partial charge in [-0.2, -0.15) is 0 Å². The maximum absolute atomic E-state index is 6.04. The van der Waals surface area contributed by atoms with Crippen molar-refractivity contribution in [3.63, 3.8) is 0 Å². The maximum atomic E-state index is 6.04. The highest BCUT2D eigenvalue weighted by molar-refractivity contribution is 5.47. The van der Waals surface area contributed by atoms with Crippen LogP contribution in [0.3, 0.4) is 0 Å². The van der Waals surface area contributed by atoms with E-state index in [1.807, 2.05) is 121 Å². The Kier molecular flexibility index (Phi) is 6.49. The molecule has 5 rings (SSSR count). The van der Waals surface area contributed by atoms with Crippen LogP contribution in [0, 0.1) is 0 Å². The van der Waals surface area contributed by atoms with Crippen LogP contribution in [-0.4, -0.2) is 0 Å². The van der Waals surface area contributed by atoms with Gasteiger partial charge in [-0.1, -0.05) is 36.4 Å². The minimum Gasteiger partial charge on any atom is -0.457 e. The van der Waals surface area contributed by atoms with E-state index in [1.165, 1.54) is 0 Å². The molecule has 0 bridgehead atoms. The van der Waals surface area contributed by atoms with E-state index in [2.05, 4.69) is 0 Å². The number of para-hydroxylation sites is 1. The van der Waals surface area contributed by atoms with Crippen molar-refractivity contribution in [2.24, 2.45) is 0 Å². The third-order valence-electron chi connectivity index (χ3n) is 4.98. The molecule has 0 fully saturated rings. The van der Waals surface area contributed by atoms with Crippen LogP contribution < -0.4 is 24.7 Å². The van der Waals surface area contributed by atoms with Crippen molar-refractivity contribution in [3.05, 3.63) is 127 Å². The molecule has 0 aliphatic rings. The van der Waals surface area contributed by atoms with Crippen LogP contribution >= 0.6 is 0 Å². The summed E-state index contributed by atoms with van der Waals surface area (Å²) in [5.74, 6) is 5.48. The van der Waals surface area contributed by atoms with Crippen molar-refractivity contribution in [2.75, 3.05) is 5.73 Å². The van der Waals surface area contributed by atoms with Crippen molar-refractivity contribution in [3.8, 4) is 46.0 Å². The SMILES string of the molecule is Nc1cccc(Oc2cccc(Oc3cccc(Oc4ccc(Oc5ccccc5)cc4)c3)c2)c1. The molecule has 0 aliphatic carbocycles. The van der Waals surface area contributed by atoms with Gasteiger partial charge in [0.05, 0.1) is 0 Å². The molecular weight excluding hydrogens is 438 g/mol. The monoisotopic (exact) mass is 461 g/mol. The fourth-order valence-corrected chi connectivity index (χ4v) is 3.39. The van der Waals surface area contributed by atoms with Crippen LogP contribution in [0.5, 0.6) is 46.0 Å². The fraction of sp³-hybridized carbons (Fsp3) is 0. The van der Waals surface area contributed by atoms with E-state index < -0.39 is 0 Å². The van der Waals surface area contributed by atoms with E-state index in [0.29, 0.717) is 40.2 Å². The third-order valence-corrected chi connectivity index (χ3v) is 4.98. The standard InChI is InChI=1S/C30H23NO4/c31-22-7-4-10-26(19-22)34-28-12-6-14-30(21-28)35-29-13-5-11-27(20-29)33-25-17-15-24(16-18-25)32-23-8-2-1-3-9-23/h1-21H,31H2. The number of hydrogen-bond donors (Lipinski definition) is 1. The van der Waals surface area contributed by atoms with E-state index in [4.69, 9.17) is 24.7 Å². The number of rotatable bonds is 8. The van der Waals surface area contributed by atoms with Crippen LogP contribution in [0.4, 0.5) is 5.69 Å². The van der Waals surface area contributed by atoms with E-state index >= 15 is 0 Å². The summed E-state index contributed by atoms with van der Waals surface area (Å²) in [5, 5.41) is 0. The predicted octanol–water partition coefficient (Wildman–Crippen LogP) is 8.44. The highest BCUT2D eigenvalue weighted by Gasteiger charge is 2.05. The van der Waals surface area contributed by atoms with E-state index in [9.17, 15) is 0 Å². The molecule has 0 radical (unpaired) electrons. The largest absolute Gasteiger partial charge is 0.457 e. The van der Waals surface area contributed by atoms with Gasteiger partial charge in [-0.15, -0.1) is 0 Å². The smallest absolute Gasteiger partial charge is 0.131 e. The van der Waals surface area contributed by atoms with Gasteiger partial charge in [-0.3, -0.25) is 0 Å². The van der Waals surface area contributed by atoms with Gasteiger partial charge < -0.3 is 24.7 Å². The van der Waals surface area contributed by atoms with E-state index in [-0.39, 0.29) is 0 Å². The van der Waals surface area contributed by atoms with Gasteiger partial charge in [-0.25, -0.2) is 0 Å². The molecule has 172 valence electrons. The van der Waals surface area contributed by atoms with Crippen molar-refractivity contribution in [1.82, 2.24) is 0 Å². The summed E-state index contributed by atoms with van der Waals surface area (Å²) in [6.07, 6.45) is 0. The molecule has 0 aromatic heterocycles. The zero-order valence-corrected chi connectivity index (χ0v) is 18.8. The number of anilines is 1. The average Bonchev–Trinajstić information content (AvgIpc) is 2.86. The van der Waals surface area contributed by atoms with Gasteiger partial charge in [0.1, 0.15) is 46.0 Å². The van der Waals surface area contributed by atoms with Crippen molar-refractivity contribution < 1.29 is 18.9 Å². The third kappa shape index (κ3) is 6.12. The number of ether oxygens (including phenoxy) is 4. The second-order valence-electron chi connectivity index (χ2n) is 7.71. The molecule has 0 spiro atoms. The highest BCUT2D eigenvalue weighted by Crippen LogP contribution is 2.32. The Balaban J connectivity index is 1.23. The van der Waals surface area contributed by atoms with Gasteiger partial charge >= 0.3 is 0 Å². The Morgan fingerprint density at radius 3 is 1.14 bits per heavy atom. The lowest BCUT2D eigenvalue weighted by Crippen LogP contribution is -1.90. The van der Waals surface area contributed by atoms with Crippen LogP contribution in [-0.2, 0) is 0 Å². The number of hydrogen-bond acceptors (Lipinski definition) is 5. The fourth-order valence-electron chi connectivity index (χ4n) is 3.39. The molecule has 0 aliphatic heterocycles. The lowest BCUT2D eigenvalue weighted by molar-refractivity contribution is 0.450. The lowest BCUT2D eigenvalue weighted by Gasteiger charge is -2.11. The summed E-state index contributed by atoms with van der Waals surface area (Å²) < 4.78 is 23.8. The second kappa shape index (κ2) is 10.4. The summed E-state index contributed by atoms with van der Waals surface area (Å²) >= 11 is 0. The highest BCUT2D eigenvalue weighted by atomic mass is 16.5. The summed E-state index contributed by atoms with van der Waals surface area (Å²) in [6, 6.07) is 39.3. The van der Waals surface area contributed by atoms with Gasteiger partial charge in [0.15, 0.2) is 0 Å². The summed E-state index contributed by atoms with van der Waals surface area (Å²) in [4.78, 5) is 0. The van der Waals surface area contributed by atoms with Gasteiger partial charge in [0.25, 0.3) is 0 Å². The van der Waals surface area contributed by atoms with Gasteiger partial charge in [-0.05, 0) is 72.8 Å². The Morgan fingerprint density at radius 1 is 0.314 bits per heavy atom. The Bertz CT molecular complexity index is 1400. The quantitative estimate of drug-likeness (QED) is 0.235. The molecule has 5 nitrogen and oxygen atoms in total. The Morgan fingerprint density at radius 2 is 0.657 bits per heavy atom. The molecule has 0 atom stereocenters. The van der Waals surface area contributed by atoms with Crippen molar-refractivity contribution in [2.45, 2.75) is 0 Å². The number of nitrogens with two attached hydrogens (primary N) is 1. The van der Waals surface area contributed by atoms with Gasteiger partial charge in [0, 0.05) is 23.9 Å². The second-order valence-corrected chi connectivity index (χ2v) is 7.71. The molecule has 2 N–H and O–H groups in total. The molecule has 0 unspecified atom stereocenters. The van der Waals surface area contributed by atoms with Crippen LogP contribution in [0.2, 0.25) is 0 Å². The van der Waals surface area contributed by atoms with Crippen LogP contribution in [0.15, 0.2) is 127 Å². The summed E-state index contributed by atoms with van der Waals surface area (Å²) in [7, 11) is 0. The zero-order chi connectivity index (χ0) is 23.9. The molecule has 0 amide bonds. The Labute approximate surface area is 203 Å². The maximum Gasteiger partial charge on any atom is 0.131 e. The normalized spacial score (nSPS) is 10.4. The first-order valence-electron chi connectivity index (χ1n) is 11.1. The van der Waals surface area contributed by atoms with E-state index in [0.717, 1.165) is 11.5 Å². The Hall–Kier alpha value is -4.90. The molecule has 0 saturated heterocycles. The number of benzene rings is 5. The average molecular weight is 462 g/mol. The molecular formula is C30H23NO4. The summed E-state index contributed by atoms with van der Waals surface area (Å²) in [6.45, 7) is 0. The minimum absolute atomic E-state index is 0.644. The minimum atomic E-state index is 0.644. The first kappa shape index (κ1) is 21.9. The van der Waals surface area contributed by atoms with Gasteiger partial charge in [0.2, 0.25) is 0 Å².